The summed E-state index contributed by atoms with van der Waals surface area (Å²) < 4.78 is 10.6. The molecule has 3 amide bonds. The number of amides is 3. The van der Waals surface area contributed by atoms with Crippen LogP contribution in [0.5, 0.6) is 11.5 Å². The van der Waals surface area contributed by atoms with Crippen molar-refractivity contribution in [3.05, 3.63) is 58.5 Å². The van der Waals surface area contributed by atoms with E-state index in [2.05, 4.69) is 5.32 Å². The summed E-state index contributed by atoms with van der Waals surface area (Å²) in [6.07, 6.45) is 0.419. The molecule has 1 aliphatic rings. The van der Waals surface area contributed by atoms with Crippen LogP contribution in [0.2, 0.25) is 0 Å². The van der Waals surface area contributed by atoms with Crippen LogP contribution < -0.4 is 14.8 Å². The van der Waals surface area contributed by atoms with Crippen molar-refractivity contribution in [2.24, 2.45) is 0 Å². The molecule has 2 N–H and O–H groups in total. The summed E-state index contributed by atoms with van der Waals surface area (Å²) in [5.41, 5.74) is 2.15. The number of aryl methyl sites for hydroxylation is 1. The fourth-order valence-electron chi connectivity index (χ4n) is 2.88. The van der Waals surface area contributed by atoms with Crippen LogP contribution in [-0.2, 0) is 14.4 Å². The van der Waals surface area contributed by atoms with Gasteiger partial charge in [0.2, 0.25) is 5.91 Å². The first-order chi connectivity index (χ1) is 15.7. The monoisotopic (exact) mass is 470 g/mol. The topological polar surface area (TPSA) is 122 Å². The highest BCUT2D eigenvalue weighted by molar-refractivity contribution is 8.18. The van der Waals surface area contributed by atoms with Gasteiger partial charge in [-0.3, -0.25) is 19.3 Å². The Balaban J connectivity index is 1.71. The Bertz CT molecular complexity index is 1130. The lowest BCUT2D eigenvalue weighted by Crippen LogP contribution is -2.36. The average molecular weight is 471 g/mol. The van der Waals surface area contributed by atoms with Gasteiger partial charge in [-0.1, -0.05) is 23.8 Å². The third kappa shape index (κ3) is 5.92. The molecule has 2 aromatic carbocycles. The van der Waals surface area contributed by atoms with Gasteiger partial charge in [-0.15, -0.1) is 0 Å². The number of aliphatic carboxylic acids is 1. The Hall–Kier alpha value is -3.79. The second-order valence-electron chi connectivity index (χ2n) is 7.19. The van der Waals surface area contributed by atoms with Crippen molar-refractivity contribution in [1.82, 2.24) is 4.90 Å². The highest BCUT2D eigenvalue weighted by Crippen LogP contribution is 2.34. The van der Waals surface area contributed by atoms with Gasteiger partial charge in [0.25, 0.3) is 11.1 Å². The zero-order valence-electron chi connectivity index (χ0n) is 18.2. The molecule has 0 spiro atoms. The smallest absolute Gasteiger partial charge is 0.344 e. The first-order valence-corrected chi connectivity index (χ1v) is 10.7. The molecule has 33 heavy (non-hydrogen) atoms. The molecule has 10 heteroatoms. The van der Waals surface area contributed by atoms with E-state index in [0.29, 0.717) is 11.3 Å². The van der Waals surface area contributed by atoms with E-state index in [1.807, 2.05) is 19.1 Å². The number of thioether (sulfide) groups is 1. The minimum absolute atomic E-state index is 0.151. The van der Waals surface area contributed by atoms with Gasteiger partial charge in [0.05, 0.1) is 12.0 Å². The van der Waals surface area contributed by atoms with E-state index >= 15 is 0 Å². The van der Waals surface area contributed by atoms with Crippen molar-refractivity contribution in [1.29, 1.82) is 0 Å². The van der Waals surface area contributed by atoms with Crippen LogP contribution in [0, 0.1) is 6.92 Å². The minimum Gasteiger partial charge on any atom is -0.493 e. The second-order valence-corrected chi connectivity index (χ2v) is 8.18. The number of carbonyl (C=O) groups excluding carboxylic acids is 3. The lowest BCUT2D eigenvalue weighted by molar-refractivity contribution is -0.144. The predicted octanol–water partition coefficient (Wildman–Crippen LogP) is 3.53. The molecule has 0 saturated carbocycles. The molecule has 1 aliphatic heterocycles. The maximum atomic E-state index is 12.7. The van der Waals surface area contributed by atoms with E-state index in [9.17, 15) is 19.2 Å². The third-order valence-electron chi connectivity index (χ3n) is 4.65. The van der Waals surface area contributed by atoms with Gasteiger partial charge in [0.1, 0.15) is 6.54 Å². The lowest BCUT2D eigenvalue weighted by atomic mass is 10.1. The third-order valence-corrected chi connectivity index (χ3v) is 5.55. The van der Waals surface area contributed by atoms with Crippen LogP contribution in [0.15, 0.2) is 47.4 Å². The molecule has 3 rings (SSSR count). The molecule has 0 aliphatic carbocycles. The number of carbonyl (C=O) groups is 4. The quantitative estimate of drug-likeness (QED) is 0.562. The molecule has 1 heterocycles. The summed E-state index contributed by atoms with van der Waals surface area (Å²) in [5.74, 6) is -1.69. The Labute approximate surface area is 194 Å². The average Bonchev–Trinajstić information content (AvgIpc) is 3.03. The summed E-state index contributed by atoms with van der Waals surface area (Å²) in [4.78, 5) is 49.4. The minimum atomic E-state index is -1.12. The number of benzene rings is 2. The predicted molar refractivity (Wildman–Crippen MR) is 123 cm³/mol. The Morgan fingerprint density at radius 3 is 2.48 bits per heavy atom. The van der Waals surface area contributed by atoms with Crippen molar-refractivity contribution >= 4 is 46.5 Å². The maximum Gasteiger partial charge on any atom is 0.344 e. The fourth-order valence-corrected chi connectivity index (χ4v) is 3.72. The van der Waals surface area contributed by atoms with E-state index < -0.39 is 35.7 Å². The van der Waals surface area contributed by atoms with Crippen molar-refractivity contribution in [2.45, 2.75) is 20.0 Å². The van der Waals surface area contributed by atoms with Gasteiger partial charge in [-0.05, 0) is 61.5 Å². The first kappa shape index (κ1) is 23.9. The van der Waals surface area contributed by atoms with Gasteiger partial charge in [0.15, 0.2) is 17.6 Å². The molecule has 1 saturated heterocycles. The van der Waals surface area contributed by atoms with Gasteiger partial charge < -0.3 is 19.9 Å². The van der Waals surface area contributed by atoms with Crippen LogP contribution in [0.4, 0.5) is 10.5 Å². The second kappa shape index (κ2) is 10.2. The van der Waals surface area contributed by atoms with Crippen LogP contribution in [0.25, 0.3) is 6.08 Å². The van der Waals surface area contributed by atoms with Crippen LogP contribution in [-0.4, -0.2) is 52.8 Å². The van der Waals surface area contributed by atoms with Crippen molar-refractivity contribution < 1.29 is 33.8 Å². The fraction of sp³-hybridized carbons (Fsp3) is 0.217. The summed E-state index contributed by atoms with van der Waals surface area (Å²) in [6, 6.07) is 11.8. The molecule has 9 nitrogen and oxygen atoms in total. The maximum absolute atomic E-state index is 12.7. The van der Waals surface area contributed by atoms with E-state index in [4.69, 9.17) is 14.6 Å². The number of imide groups is 1. The molecule has 1 fully saturated rings. The molecule has 1 unspecified atom stereocenters. The molecule has 1 atom stereocenters. The lowest BCUT2D eigenvalue weighted by Gasteiger charge is -2.14. The zero-order valence-corrected chi connectivity index (χ0v) is 19.0. The molecule has 0 aromatic heterocycles. The van der Waals surface area contributed by atoms with Crippen LogP contribution in [0.1, 0.15) is 18.1 Å². The molecular weight excluding hydrogens is 448 g/mol. The van der Waals surface area contributed by atoms with Gasteiger partial charge in [-0.25, -0.2) is 4.79 Å². The largest absolute Gasteiger partial charge is 0.493 e. The summed E-state index contributed by atoms with van der Waals surface area (Å²) in [7, 11) is 1.40. The Morgan fingerprint density at radius 1 is 1.15 bits per heavy atom. The summed E-state index contributed by atoms with van der Waals surface area (Å²) in [5, 5.41) is 11.1. The number of nitrogens with zero attached hydrogens (tertiary/aromatic N) is 1. The number of hydrogen-bond donors (Lipinski definition) is 2. The standard InChI is InChI=1S/C23H22N2O7S/c1-13-4-7-16(8-5-13)24-20(26)12-25-21(27)19(33-23(25)30)11-15-6-9-17(18(10-15)31-3)32-14(2)22(28)29/h4-11,14H,12H2,1-3H3,(H,24,26)(H,28,29)/b19-11+. The van der Waals surface area contributed by atoms with Crippen molar-refractivity contribution in [3.8, 4) is 11.5 Å². The SMILES string of the molecule is COc1cc(/C=C2/SC(=O)N(CC(=O)Nc3ccc(C)cc3)C2=O)ccc1OC(C)C(=O)O. The highest BCUT2D eigenvalue weighted by Gasteiger charge is 2.36. The van der Waals surface area contributed by atoms with E-state index in [-0.39, 0.29) is 16.4 Å². The van der Waals surface area contributed by atoms with E-state index in [1.165, 1.54) is 26.2 Å². The first-order valence-electron chi connectivity index (χ1n) is 9.87. The number of rotatable bonds is 8. The van der Waals surface area contributed by atoms with E-state index in [1.54, 1.807) is 24.3 Å². The number of carboxylic acids is 1. The van der Waals surface area contributed by atoms with Crippen LogP contribution in [0.3, 0.4) is 0 Å². The van der Waals surface area contributed by atoms with Crippen molar-refractivity contribution in [3.63, 3.8) is 0 Å². The zero-order chi connectivity index (χ0) is 24.1. The normalized spacial score (nSPS) is 15.5. The van der Waals surface area contributed by atoms with E-state index in [0.717, 1.165) is 22.2 Å². The summed E-state index contributed by atoms with van der Waals surface area (Å²) in [6.45, 7) is 2.91. The molecule has 0 bridgehead atoms. The molecule has 0 radical (unpaired) electrons. The number of methoxy groups -OCH3 is 1. The Morgan fingerprint density at radius 2 is 1.85 bits per heavy atom. The number of hydrogen-bond acceptors (Lipinski definition) is 7. The number of nitrogens with one attached hydrogen (secondary N) is 1. The van der Waals surface area contributed by atoms with Crippen LogP contribution >= 0.6 is 11.8 Å². The molecule has 2 aromatic rings. The number of ether oxygens (including phenoxy) is 2. The number of anilines is 1. The number of carboxylic acid groups (broad SMARTS) is 1. The summed E-state index contributed by atoms with van der Waals surface area (Å²) >= 11 is 0.728. The molecule has 172 valence electrons. The van der Waals surface area contributed by atoms with Gasteiger partial charge in [-0.2, -0.15) is 0 Å². The highest BCUT2D eigenvalue weighted by atomic mass is 32.2. The van der Waals surface area contributed by atoms with Crippen molar-refractivity contribution in [2.75, 3.05) is 19.0 Å². The Kier molecular flexibility index (Phi) is 7.39. The van der Waals surface area contributed by atoms with Gasteiger partial charge >= 0.3 is 5.97 Å². The molecular formula is C23H22N2O7S. The van der Waals surface area contributed by atoms with Gasteiger partial charge in [0, 0.05) is 5.69 Å².